The maximum Gasteiger partial charge on any atom is 0.316 e. The van der Waals surface area contributed by atoms with Crippen molar-refractivity contribution in [2.45, 2.75) is 370 Å². The van der Waals surface area contributed by atoms with Crippen LogP contribution in [0.25, 0.3) is 0 Å². The lowest BCUT2D eigenvalue weighted by molar-refractivity contribution is -0.133. The lowest BCUT2D eigenvalue weighted by atomic mass is 9.75. The van der Waals surface area contributed by atoms with Crippen molar-refractivity contribution < 1.29 is 8.98 Å². The second kappa shape index (κ2) is 26.8. The summed E-state index contributed by atoms with van der Waals surface area (Å²) in [5.74, 6) is 5.13. The van der Waals surface area contributed by atoms with Crippen molar-refractivity contribution in [1.82, 2.24) is 0 Å². The van der Waals surface area contributed by atoms with Gasteiger partial charge in [0.1, 0.15) is 0 Å². The van der Waals surface area contributed by atoms with Crippen LogP contribution >= 0.6 is 10.3 Å². The summed E-state index contributed by atoms with van der Waals surface area (Å²) in [7, 11) is -2.72. The van der Waals surface area contributed by atoms with E-state index < -0.39 is 10.3 Å². The van der Waals surface area contributed by atoms with Gasteiger partial charge in [-0.25, -0.2) is 0 Å². The summed E-state index contributed by atoms with van der Waals surface area (Å²) in [6, 6.07) is 17.6. The van der Waals surface area contributed by atoms with E-state index in [0.717, 1.165) is 0 Å². The largest absolute Gasteiger partial charge is 0.402 e. The first kappa shape index (κ1) is 56.0. The maximum absolute atomic E-state index is 16.2. The van der Waals surface area contributed by atoms with E-state index in [1.165, 1.54) is 289 Å². The standard InChI is InChI=1S/C75H110O2S/c1-2-72(76)77-78(73-66(57-36-18-6-19-37-57)48-63(54-30-12-3-13-31-54)49-67(73)58-38-20-7-21-39-58,74-68(59-40-22-8-23-41-59)50-64(55-32-14-4-15-33-55)51-69(74)60-42-24-9-25-43-60)75-70(61-44-26-10-27-45-61)52-65(56-34-16-5-17-35-56)53-71(75)62-46-28-11-29-47-62/h48-62H,2-47H2,1H3. The van der Waals surface area contributed by atoms with Crippen molar-refractivity contribution in [3.8, 4) is 0 Å². The van der Waals surface area contributed by atoms with Gasteiger partial charge in [-0.05, 0) is 229 Å². The summed E-state index contributed by atoms with van der Waals surface area (Å²) in [4.78, 5) is 21.2. The first-order chi connectivity index (χ1) is 38.6. The SMILES string of the molecule is CCC(=O)OS(c1c(C2CCCCC2)cc(C2CCCCC2)cc1C1CCCCC1)(c1c(C2CCCCC2)cc(C2CCCCC2)cc1C1CCCCC1)c1c(C2CCCCC2)cc(C2CCCCC2)cc1C1CCCCC1. The number of rotatable bonds is 14. The Bertz CT molecular complexity index is 2040. The molecule has 9 aliphatic rings. The monoisotopic (exact) mass is 1070 g/mol. The molecule has 0 radical (unpaired) electrons. The van der Waals surface area contributed by atoms with Crippen LogP contribution in [0, 0.1) is 0 Å². The van der Waals surface area contributed by atoms with E-state index in [4.69, 9.17) is 4.18 Å². The zero-order chi connectivity index (χ0) is 52.7. The van der Waals surface area contributed by atoms with Crippen molar-refractivity contribution >= 4 is 16.3 Å². The van der Waals surface area contributed by atoms with Gasteiger partial charge in [0.25, 0.3) is 0 Å². The Kier molecular flexibility index (Phi) is 19.2. The van der Waals surface area contributed by atoms with Gasteiger partial charge in [-0.2, -0.15) is 0 Å². The van der Waals surface area contributed by atoms with E-state index in [9.17, 15) is 0 Å². The third-order valence-corrected chi connectivity index (χ3v) is 26.9. The van der Waals surface area contributed by atoms with Gasteiger partial charge in [0.2, 0.25) is 0 Å². The molecule has 3 aromatic rings. The predicted octanol–water partition coefficient (Wildman–Crippen LogP) is 24.3. The Labute approximate surface area is 479 Å². The first-order valence-corrected chi connectivity index (χ1v) is 36.7. The number of benzene rings is 3. The average molecular weight is 1080 g/mol. The quantitative estimate of drug-likeness (QED) is 0.161. The number of hydrogen-bond donors (Lipinski definition) is 0. The van der Waals surface area contributed by atoms with Crippen LogP contribution in [-0.4, -0.2) is 5.97 Å². The number of carbonyl (C=O) groups is 1. The van der Waals surface area contributed by atoms with Gasteiger partial charge < -0.3 is 4.18 Å². The number of hydrogen-bond acceptors (Lipinski definition) is 2. The molecule has 0 saturated heterocycles. The Morgan fingerprint density at radius 3 is 0.628 bits per heavy atom. The molecule has 9 fully saturated rings. The van der Waals surface area contributed by atoms with Gasteiger partial charge >= 0.3 is 5.97 Å². The third kappa shape index (κ3) is 12.1. The van der Waals surface area contributed by atoms with Crippen LogP contribution < -0.4 is 0 Å². The second-order valence-electron chi connectivity index (χ2n) is 28.5. The molecule has 9 aliphatic carbocycles. The third-order valence-electron chi connectivity index (χ3n) is 23.4. The average Bonchev–Trinajstić information content (AvgIpc) is 3.60. The fourth-order valence-electron chi connectivity index (χ4n) is 19.0. The van der Waals surface area contributed by atoms with Crippen LogP contribution in [0.4, 0.5) is 0 Å². The van der Waals surface area contributed by atoms with Crippen molar-refractivity contribution in [2.24, 2.45) is 0 Å². The minimum atomic E-state index is -2.72. The summed E-state index contributed by atoms with van der Waals surface area (Å²) in [6.07, 6.45) is 60.7. The molecule has 12 rings (SSSR count). The van der Waals surface area contributed by atoms with Crippen LogP contribution in [0.15, 0.2) is 51.1 Å². The van der Waals surface area contributed by atoms with Crippen LogP contribution in [0.5, 0.6) is 0 Å². The van der Waals surface area contributed by atoms with Crippen molar-refractivity contribution in [3.05, 3.63) is 86.5 Å². The molecule has 0 aromatic heterocycles. The predicted molar refractivity (Wildman–Crippen MR) is 331 cm³/mol. The van der Waals surface area contributed by atoms with Crippen LogP contribution in [0.1, 0.15) is 406 Å². The molecule has 78 heavy (non-hydrogen) atoms. The molecular formula is C75H110O2S. The second-order valence-corrected chi connectivity index (χ2v) is 31.0. The smallest absolute Gasteiger partial charge is 0.316 e. The Balaban J connectivity index is 1.30. The van der Waals surface area contributed by atoms with Gasteiger partial charge in [0.05, 0.1) is 0 Å². The van der Waals surface area contributed by atoms with Crippen LogP contribution in [0.2, 0.25) is 0 Å². The molecule has 0 heterocycles. The molecule has 0 unspecified atom stereocenters. The first-order valence-electron chi connectivity index (χ1n) is 35.2. The minimum absolute atomic E-state index is 0.0895. The van der Waals surface area contributed by atoms with Gasteiger partial charge in [0, 0.05) is 21.1 Å². The van der Waals surface area contributed by atoms with Crippen LogP contribution in [-0.2, 0) is 8.98 Å². The van der Waals surface area contributed by atoms with Gasteiger partial charge in [-0.3, -0.25) is 4.79 Å². The van der Waals surface area contributed by atoms with Crippen molar-refractivity contribution in [2.75, 3.05) is 0 Å². The summed E-state index contributed by atoms with van der Waals surface area (Å²) in [6.45, 7) is 2.18. The number of carbonyl (C=O) groups excluding carboxylic acids is 1. The molecule has 3 aromatic carbocycles. The van der Waals surface area contributed by atoms with E-state index >= 15 is 4.79 Å². The molecule has 0 N–H and O–H groups in total. The molecule has 428 valence electrons. The highest BCUT2D eigenvalue weighted by Crippen LogP contribution is 2.78. The van der Waals surface area contributed by atoms with Crippen LogP contribution in [0.3, 0.4) is 0 Å². The molecule has 2 nitrogen and oxygen atoms in total. The van der Waals surface area contributed by atoms with Crippen molar-refractivity contribution in [3.63, 3.8) is 0 Å². The summed E-state index contributed by atoms with van der Waals surface area (Å²) < 4.78 is 8.73. The summed E-state index contributed by atoms with van der Waals surface area (Å²) in [5, 5.41) is 0. The maximum atomic E-state index is 16.2. The topological polar surface area (TPSA) is 26.3 Å². The van der Waals surface area contributed by atoms with Gasteiger partial charge in [-0.1, -0.05) is 217 Å². The van der Waals surface area contributed by atoms with E-state index in [1.54, 1.807) is 64.8 Å². The minimum Gasteiger partial charge on any atom is -0.402 e. The lowest BCUT2D eigenvalue weighted by Gasteiger charge is -2.51. The van der Waals surface area contributed by atoms with Gasteiger partial charge in [-0.15, -0.1) is 0 Å². The lowest BCUT2D eigenvalue weighted by Crippen LogP contribution is -2.27. The van der Waals surface area contributed by atoms with Gasteiger partial charge in [0.15, 0.2) is 0 Å². The highest BCUT2D eigenvalue weighted by Gasteiger charge is 2.50. The molecular weight excluding hydrogens is 965 g/mol. The Morgan fingerprint density at radius 1 is 0.295 bits per heavy atom. The highest BCUT2D eigenvalue weighted by molar-refractivity contribution is 8.30. The van der Waals surface area contributed by atoms with E-state index in [1.807, 2.05) is 0 Å². The zero-order valence-corrected chi connectivity index (χ0v) is 50.7. The normalized spacial score (nSPS) is 24.8. The highest BCUT2D eigenvalue weighted by atomic mass is 32.3. The molecule has 0 bridgehead atoms. The zero-order valence-electron chi connectivity index (χ0n) is 49.9. The molecule has 0 amide bonds. The van der Waals surface area contributed by atoms with E-state index in [0.29, 0.717) is 59.7 Å². The fraction of sp³-hybridized carbons (Fsp3) is 0.747. The molecule has 3 heteroatoms. The summed E-state index contributed by atoms with van der Waals surface area (Å²) in [5.41, 5.74) is 15.3. The molecule has 9 saturated carbocycles. The van der Waals surface area contributed by atoms with E-state index in [-0.39, 0.29) is 5.97 Å². The Morgan fingerprint density at radius 2 is 0.462 bits per heavy atom. The molecule has 0 atom stereocenters. The summed E-state index contributed by atoms with van der Waals surface area (Å²) >= 11 is 0. The molecule has 0 spiro atoms. The van der Waals surface area contributed by atoms with Crippen molar-refractivity contribution in [1.29, 1.82) is 0 Å². The van der Waals surface area contributed by atoms with E-state index in [2.05, 4.69) is 43.3 Å². The fourth-order valence-corrected chi connectivity index (χ4v) is 23.6. The Hall–Kier alpha value is -2.52. The molecule has 0 aliphatic heterocycles.